The van der Waals surface area contributed by atoms with E-state index >= 15 is 0 Å². The molecule has 21 heavy (non-hydrogen) atoms. The molecule has 1 saturated carbocycles. The summed E-state index contributed by atoms with van der Waals surface area (Å²) in [6.07, 6.45) is 6.16. The first-order chi connectivity index (χ1) is 10.1. The van der Waals surface area contributed by atoms with Crippen molar-refractivity contribution in [3.05, 3.63) is 22.4 Å². The van der Waals surface area contributed by atoms with Crippen molar-refractivity contribution in [1.82, 2.24) is 5.32 Å². The van der Waals surface area contributed by atoms with Gasteiger partial charge in [-0.3, -0.25) is 9.59 Å². The number of hydrogen-bond acceptors (Lipinski definition) is 3. The van der Waals surface area contributed by atoms with Crippen LogP contribution in [0.15, 0.2) is 17.5 Å². The normalized spacial score (nSPS) is 17.9. The van der Waals surface area contributed by atoms with E-state index in [1.165, 1.54) is 4.88 Å². The summed E-state index contributed by atoms with van der Waals surface area (Å²) in [7, 11) is 0. The zero-order chi connectivity index (χ0) is 15.1. The Morgan fingerprint density at radius 1 is 1.24 bits per heavy atom. The maximum atomic E-state index is 12.1. The van der Waals surface area contributed by atoms with Crippen LogP contribution in [0.3, 0.4) is 0 Å². The van der Waals surface area contributed by atoms with Gasteiger partial charge in [-0.1, -0.05) is 31.7 Å². The Kier molecular flexibility index (Phi) is 5.79. The molecule has 116 valence electrons. The summed E-state index contributed by atoms with van der Waals surface area (Å²) >= 11 is 1.67. The van der Waals surface area contributed by atoms with Crippen LogP contribution in [0.1, 0.15) is 49.8 Å². The molecule has 1 heterocycles. The Bertz CT molecular complexity index is 462. The van der Waals surface area contributed by atoms with Crippen molar-refractivity contribution in [3.63, 3.8) is 0 Å². The van der Waals surface area contributed by atoms with Gasteiger partial charge in [-0.25, -0.2) is 0 Å². The summed E-state index contributed by atoms with van der Waals surface area (Å²) < 4.78 is 0. The third-order valence-electron chi connectivity index (χ3n) is 4.29. The molecular formula is C16H23NO3S. The molecule has 1 aliphatic carbocycles. The number of aliphatic carboxylic acids is 1. The Balaban J connectivity index is 1.84. The van der Waals surface area contributed by atoms with E-state index in [-0.39, 0.29) is 12.3 Å². The van der Waals surface area contributed by atoms with Crippen LogP contribution >= 0.6 is 11.3 Å². The number of hydrogen-bond donors (Lipinski definition) is 2. The van der Waals surface area contributed by atoms with Crippen molar-refractivity contribution in [2.75, 3.05) is 6.54 Å². The van der Waals surface area contributed by atoms with Gasteiger partial charge in [0.25, 0.3) is 0 Å². The Morgan fingerprint density at radius 3 is 2.52 bits per heavy atom. The first-order valence-electron chi connectivity index (χ1n) is 7.65. The van der Waals surface area contributed by atoms with Crippen LogP contribution < -0.4 is 5.32 Å². The molecule has 0 saturated heterocycles. The van der Waals surface area contributed by atoms with Gasteiger partial charge >= 0.3 is 5.97 Å². The van der Waals surface area contributed by atoms with Gasteiger partial charge < -0.3 is 10.4 Å². The summed E-state index contributed by atoms with van der Waals surface area (Å²) in [4.78, 5) is 25.0. The molecule has 0 bridgehead atoms. The number of carboxylic acid groups (broad SMARTS) is 1. The zero-order valence-electron chi connectivity index (χ0n) is 12.3. The Hall–Kier alpha value is -1.36. The number of carbonyl (C=O) groups excluding carboxylic acids is 1. The Labute approximate surface area is 129 Å². The van der Waals surface area contributed by atoms with Gasteiger partial charge in [-0.2, -0.15) is 0 Å². The van der Waals surface area contributed by atoms with Crippen LogP contribution in [0.2, 0.25) is 0 Å². The monoisotopic (exact) mass is 309 g/mol. The molecule has 0 unspecified atom stereocenters. The number of thiophene rings is 1. The molecule has 4 nitrogen and oxygen atoms in total. The lowest BCUT2D eigenvalue weighted by atomic mass is 9.77. The first-order valence-corrected chi connectivity index (χ1v) is 8.53. The first kappa shape index (κ1) is 16.0. The third kappa shape index (κ3) is 4.56. The predicted molar refractivity (Wildman–Crippen MR) is 83.4 cm³/mol. The molecular weight excluding hydrogens is 286 g/mol. The molecule has 1 fully saturated rings. The van der Waals surface area contributed by atoms with Crippen LogP contribution in [-0.2, 0) is 16.0 Å². The standard InChI is InChI=1S/C16H23NO3S/c18-14(17-10-7-13-6-5-11-21-13)12-16(15(19)20)8-3-1-2-4-9-16/h5-6,11H,1-4,7-10,12H2,(H,17,18)(H,19,20). The van der Waals surface area contributed by atoms with Crippen molar-refractivity contribution in [3.8, 4) is 0 Å². The molecule has 0 atom stereocenters. The second-order valence-corrected chi connectivity index (χ2v) is 6.89. The summed E-state index contributed by atoms with van der Waals surface area (Å²) in [5.41, 5.74) is -0.844. The number of amides is 1. The van der Waals surface area contributed by atoms with E-state index in [0.29, 0.717) is 19.4 Å². The van der Waals surface area contributed by atoms with Crippen molar-refractivity contribution in [1.29, 1.82) is 0 Å². The topological polar surface area (TPSA) is 66.4 Å². The molecule has 1 aromatic heterocycles. The van der Waals surface area contributed by atoms with Gasteiger partial charge in [-0.05, 0) is 30.7 Å². The Morgan fingerprint density at radius 2 is 1.95 bits per heavy atom. The van der Waals surface area contributed by atoms with E-state index in [0.717, 1.165) is 32.1 Å². The van der Waals surface area contributed by atoms with Crippen molar-refractivity contribution >= 4 is 23.2 Å². The molecule has 2 N–H and O–H groups in total. The SMILES string of the molecule is O=C(CC1(C(=O)O)CCCCCC1)NCCc1cccs1. The van der Waals surface area contributed by atoms with Crippen molar-refractivity contribution in [2.24, 2.45) is 5.41 Å². The molecule has 2 rings (SSSR count). The van der Waals surface area contributed by atoms with Crippen LogP contribution in [0.25, 0.3) is 0 Å². The highest BCUT2D eigenvalue weighted by Crippen LogP contribution is 2.38. The van der Waals surface area contributed by atoms with Crippen LogP contribution in [0.4, 0.5) is 0 Å². The highest BCUT2D eigenvalue weighted by atomic mass is 32.1. The van der Waals surface area contributed by atoms with E-state index in [1.807, 2.05) is 17.5 Å². The molecule has 0 aliphatic heterocycles. The van der Waals surface area contributed by atoms with E-state index in [2.05, 4.69) is 5.32 Å². The molecule has 0 radical (unpaired) electrons. The number of carbonyl (C=O) groups is 2. The average Bonchev–Trinajstić information content (AvgIpc) is 2.84. The zero-order valence-corrected chi connectivity index (χ0v) is 13.1. The lowest BCUT2D eigenvalue weighted by molar-refractivity contribution is -0.152. The van der Waals surface area contributed by atoms with Gasteiger partial charge in [-0.15, -0.1) is 11.3 Å². The fourth-order valence-corrected chi connectivity index (χ4v) is 3.73. The fraction of sp³-hybridized carbons (Fsp3) is 0.625. The summed E-state index contributed by atoms with van der Waals surface area (Å²) in [6, 6.07) is 4.04. The lowest BCUT2D eigenvalue weighted by Gasteiger charge is -2.27. The van der Waals surface area contributed by atoms with E-state index < -0.39 is 11.4 Å². The smallest absolute Gasteiger partial charge is 0.310 e. The van der Waals surface area contributed by atoms with Crippen LogP contribution in [0, 0.1) is 5.41 Å². The summed E-state index contributed by atoms with van der Waals surface area (Å²) in [5.74, 6) is -0.936. The number of carboxylic acids is 1. The second-order valence-electron chi connectivity index (χ2n) is 5.86. The summed E-state index contributed by atoms with van der Waals surface area (Å²) in [6.45, 7) is 0.578. The molecule has 1 aliphatic rings. The van der Waals surface area contributed by atoms with E-state index in [4.69, 9.17) is 0 Å². The quantitative estimate of drug-likeness (QED) is 0.793. The van der Waals surface area contributed by atoms with Crippen LogP contribution in [-0.4, -0.2) is 23.5 Å². The highest BCUT2D eigenvalue weighted by Gasteiger charge is 2.40. The molecule has 1 aromatic rings. The minimum Gasteiger partial charge on any atom is -0.481 e. The van der Waals surface area contributed by atoms with Gasteiger partial charge in [0, 0.05) is 17.8 Å². The molecule has 5 heteroatoms. The predicted octanol–water partition coefficient (Wildman–Crippen LogP) is 3.22. The fourth-order valence-electron chi connectivity index (χ4n) is 3.02. The number of nitrogens with one attached hydrogen (secondary N) is 1. The van der Waals surface area contributed by atoms with Gasteiger partial charge in [0.2, 0.25) is 5.91 Å². The molecule has 0 aromatic carbocycles. The van der Waals surface area contributed by atoms with E-state index in [1.54, 1.807) is 11.3 Å². The average molecular weight is 309 g/mol. The third-order valence-corrected chi connectivity index (χ3v) is 5.22. The van der Waals surface area contributed by atoms with Gasteiger partial charge in [0.15, 0.2) is 0 Å². The largest absolute Gasteiger partial charge is 0.481 e. The summed E-state index contributed by atoms with van der Waals surface area (Å²) in [5, 5.41) is 14.4. The van der Waals surface area contributed by atoms with Gasteiger partial charge in [0.1, 0.15) is 0 Å². The second kappa shape index (κ2) is 7.59. The molecule has 1 amide bonds. The van der Waals surface area contributed by atoms with Crippen molar-refractivity contribution < 1.29 is 14.7 Å². The van der Waals surface area contributed by atoms with E-state index in [9.17, 15) is 14.7 Å². The maximum Gasteiger partial charge on any atom is 0.310 e. The minimum atomic E-state index is -0.844. The number of rotatable bonds is 6. The van der Waals surface area contributed by atoms with Crippen molar-refractivity contribution in [2.45, 2.75) is 51.4 Å². The maximum absolute atomic E-state index is 12.1. The molecule has 0 spiro atoms. The van der Waals surface area contributed by atoms with Crippen LogP contribution in [0.5, 0.6) is 0 Å². The minimum absolute atomic E-state index is 0.118. The lowest BCUT2D eigenvalue weighted by Crippen LogP contribution is -2.38. The van der Waals surface area contributed by atoms with Gasteiger partial charge in [0.05, 0.1) is 5.41 Å². The highest BCUT2D eigenvalue weighted by molar-refractivity contribution is 7.09.